The maximum absolute atomic E-state index is 10.9. The summed E-state index contributed by atoms with van der Waals surface area (Å²) >= 11 is 0. The zero-order chi connectivity index (χ0) is 21.0. The van der Waals surface area contributed by atoms with Crippen LogP contribution in [0.3, 0.4) is 0 Å². The van der Waals surface area contributed by atoms with Crippen LogP contribution in [0.15, 0.2) is 0 Å². The van der Waals surface area contributed by atoms with Crippen molar-refractivity contribution in [3.63, 3.8) is 0 Å². The molecule has 0 saturated heterocycles. The van der Waals surface area contributed by atoms with Gasteiger partial charge in [-0.1, -0.05) is 111 Å². The Morgan fingerprint density at radius 2 is 1.07 bits per heavy atom. The van der Waals surface area contributed by atoms with Gasteiger partial charge in [-0.25, -0.2) is 0 Å². The Morgan fingerprint density at radius 3 is 1.44 bits per heavy atom. The third kappa shape index (κ3) is 23.4. The minimum atomic E-state index is -0.312. The van der Waals surface area contributed by atoms with Gasteiger partial charge >= 0.3 is 0 Å². The van der Waals surface area contributed by atoms with Crippen LogP contribution < -0.4 is 5.73 Å². The van der Waals surface area contributed by atoms with Crippen molar-refractivity contribution in [2.75, 3.05) is 20.6 Å². The van der Waals surface area contributed by atoms with E-state index >= 15 is 0 Å². The lowest BCUT2D eigenvalue weighted by atomic mass is 9.86. The van der Waals surface area contributed by atoms with Crippen molar-refractivity contribution in [1.82, 2.24) is 4.90 Å². The molecule has 164 valence electrons. The van der Waals surface area contributed by atoms with Crippen LogP contribution in [-0.2, 0) is 4.79 Å². The molecular weight excluding hydrogens is 332 g/mol. The van der Waals surface area contributed by atoms with Crippen molar-refractivity contribution in [3.8, 4) is 0 Å². The molecule has 0 heterocycles. The van der Waals surface area contributed by atoms with Crippen LogP contribution in [0.25, 0.3) is 0 Å². The van der Waals surface area contributed by atoms with Gasteiger partial charge in [0.25, 0.3) is 0 Å². The molecule has 0 fully saturated rings. The molecular formula is C24H52N2O. The second kappa shape index (κ2) is 20.2. The number of hydrogen-bond acceptors (Lipinski definition) is 2. The van der Waals surface area contributed by atoms with E-state index in [4.69, 9.17) is 5.73 Å². The molecule has 0 aromatic carbocycles. The lowest BCUT2D eigenvalue weighted by Gasteiger charge is -2.19. The lowest BCUT2D eigenvalue weighted by Crippen LogP contribution is -2.31. The lowest BCUT2D eigenvalue weighted by molar-refractivity contribution is -0.126. The standard InChI is InChI=1S/C14H31N.C10H21NO/c1-4-5-6-7-8-9-10-11-12-13-14-15(2)3;1-4-5-6-7-8-10(2,3)9(11)12/h4-14H2,1-3H3;4-8H2,1-3H3,(H2,11,12). The van der Waals surface area contributed by atoms with Gasteiger partial charge in [-0.15, -0.1) is 0 Å². The van der Waals surface area contributed by atoms with E-state index in [-0.39, 0.29) is 11.3 Å². The van der Waals surface area contributed by atoms with Crippen LogP contribution in [0, 0.1) is 5.41 Å². The summed E-state index contributed by atoms with van der Waals surface area (Å²) in [5, 5.41) is 0. The monoisotopic (exact) mass is 384 g/mol. The van der Waals surface area contributed by atoms with E-state index in [1.807, 2.05) is 13.8 Å². The Labute approximate surface area is 171 Å². The molecule has 0 radical (unpaired) electrons. The molecule has 1 amide bonds. The van der Waals surface area contributed by atoms with E-state index in [9.17, 15) is 4.79 Å². The van der Waals surface area contributed by atoms with Crippen LogP contribution in [-0.4, -0.2) is 31.4 Å². The Hall–Kier alpha value is -0.570. The zero-order valence-electron chi connectivity index (χ0n) is 19.7. The summed E-state index contributed by atoms with van der Waals surface area (Å²) in [5.74, 6) is -0.181. The van der Waals surface area contributed by atoms with E-state index < -0.39 is 0 Å². The van der Waals surface area contributed by atoms with Gasteiger partial charge in [0.15, 0.2) is 0 Å². The Bertz CT molecular complexity index is 314. The number of carbonyl (C=O) groups is 1. The predicted octanol–water partition coefficient (Wildman–Crippen LogP) is 6.94. The fraction of sp³-hybridized carbons (Fsp3) is 0.958. The van der Waals surface area contributed by atoms with E-state index in [0.717, 1.165) is 12.8 Å². The first-order chi connectivity index (χ1) is 12.8. The van der Waals surface area contributed by atoms with E-state index in [1.165, 1.54) is 90.0 Å². The fourth-order valence-corrected chi connectivity index (χ4v) is 3.03. The Kier molecular flexibility index (Phi) is 21.4. The smallest absolute Gasteiger partial charge is 0.223 e. The molecule has 3 nitrogen and oxygen atoms in total. The molecule has 0 rings (SSSR count). The van der Waals surface area contributed by atoms with Crippen LogP contribution in [0.2, 0.25) is 0 Å². The van der Waals surface area contributed by atoms with Gasteiger partial charge in [-0.3, -0.25) is 4.79 Å². The minimum absolute atomic E-state index is 0.181. The van der Waals surface area contributed by atoms with Gasteiger partial charge in [0.2, 0.25) is 5.91 Å². The average Bonchev–Trinajstić information content (AvgIpc) is 2.60. The van der Waals surface area contributed by atoms with Crippen LogP contribution >= 0.6 is 0 Å². The second-order valence-electron chi connectivity index (χ2n) is 9.04. The second-order valence-corrected chi connectivity index (χ2v) is 9.04. The summed E-state index contributed by atoms with van der Waals surface area (Å²) in [4.78, 5) is 13.2. The van der Waals surface area contributed by atoms with E-state index in [0.29, 0.717) is 0 Å². The molecule has 3 heteroatoms. The fourth-order valence-electron chi connectivity index (χ4n) is 3.03. The largest absolute Gasteiger partial charge is 0.369 e. The summed E-state index contributed by atoms with van der Waals surface area (Å²) < 4.78 is 0. The molecule has 0 aliphatic carbocycles. The molecule has 0 aliphatic heterocycles. The number of nitrogens with zero attached hydrogens (tertiary/aromatic N) is 1. The highest BCUT2D eigenvalue weighted by molar-refractivity contribution is 5.79. The van der Waals surface area contributed by atoms with Crippen molar-refractivity contribution >= 4 is 5.91 Å². The van der Waals surface area contributed by atoms with Gasteiger partial charge in [0.1, 0.15) is 0 Å². The van der Waals surface area contributed by atoms with Gasteiger partial charge in [-0.2, -0.15) is 0 Å². The van der Waals surface area contributed by atoms with E-state index in [2.05, 4.69) is 32.8 Å². The zero-order valence-corrected chi connectivity index (χ0v) is 19.7. The summed E-state index contributed by atoms with van der Waals surface area (Å²) in [6.45, 7) is 9.56. The van der Waals surface area contributed by atoms with Crippen molar-refractivity contribution in [2.24, 2.45) is 11.1 Å². The van der Waals surface area contributed by atoms with Crippen molar-refractivity contribution < 1.29 is 4.79 Å². The maximum atomic E-state index is 10.9. The number of hydrogen-bond donors (Lipinski definition) is 1. The molecule has 0 aliphatic rings. The molecule has 0 atom stereocenters. The first-order valence-corrected chi connectivity index (χ1v) is 11.7. The Balaban J connectivity index is 0. The molecule has 0 aromatic heterocycles. The van der Waals surface area contributed by atoms with Crippen LogP contribution in [0.4, 0.5) is 0 Å². The van der Waals surface area contributed by atoms with Gasteiger partial charge in [-0.05, 0) is 33.5 Å². The number of amides is 1. The average molecular weight is 385 g/mol. The SMILES string of the molecule is CCCCCCC(C)(C)C(N)=O.CCCCCCCCCCCCN(C)C. The number of carbonyl (C=O) groups excluding carboxylic acids is 1. The number of rotatable bonds is 17. The van der Waals surface area contributed by atoms with Crippen molar-refractivity contribution in [1.29, 1.82) is 0 Å². The highest BCUT2D eigenvalue weighted by Crippen LogP contribution is 2.23. The van der Waals surface area contributed by atoms with Gasteiger partial charge in [0.05, 0.1) is 0 Å². The van der Waals surface area contributed by atoms with Crippen LogP contribution in [0.1, 0.15) is 124 Å². The first kappa shape index (κ1) is 28.6. The number of primary amides is 1. The van der Waals surface area contributed by atoms with Gasteiger partial charge in [0, 0.05) is 5.41 Å². The topological polar surface area (TPSA) is 46.3 Å². The molecule has 0 aromatic rings. The van der Waals surface area contributed by atoms with E-state index in [1.54, 1.807) is 0 Å². The summed E-state index contributed by atoms with van der Waals surface area (Å²) in [6.07, 6.45) is 20.1. The molecule has 27 heavy (non-hydrogen) atoms. The molecule has 0 bridgehead atoms. The molecule has 0 spiro atoms. The van der Waals surface area contributed by atoms with Crippen LogP contribution in [0.5, 0.6) is 0 Å². The van der Waals surface area contributed by atoms with Crippen molar-refractivity contribution in [2.45, 2.75) is 124 Å². The molecule has 0 unspecified atom stereocenters. The Morgan fingerprint density at radius 1 is 0.704 bits per heavy atom. The normalized spacial score (nSPS) is 11.4. The maximum Gasteiger partial charge on any atom is 0.223 e. The summed E-state index contributed by atoms with van der Waals surface area (Å²) in [7, 11) is 4.32. The quantitative estimate of drug-likeness (QED) is 0.276. The first-order valence-electron chi connectivity index (χ1n) is 11.7. The molecule has 2 N–H and O–H groups in total. The summed E-state index contributed by atoms with van der Waals surface area (Å²) in [5.41, 5.74) is 4.93. The predicted molar refractivity (Wildman–Crippen MR) is 122 cm³/mol. The third-order valence-electron chi connectivity index (χ3n) is 5.28. The minimum Gasteiger partial charge on any atom is -0.369 e. The highest BCUT2D eigenvalue weighted by Gasteiger charge is 2.23. The summed E-state index contributed by atoms with van der Waals surface area (Å²) in [6, 6.07) is 0. The number of unbranched alkanes of at least 4 members (excludes halogenated alkanes) is 12. The molecule has 0 saturated carbocycles. The highest BCUT2D eigenvalue weighted by atomic mass is 16.1. The number of nitrogens with two attached hydrogens (primary N) is 1. The third-order valence-corrected chi connectivity index (χ3v) is 5.28. The van der Waals surface area contributed by atoms with Gasteiger partial charge < -0.3 is 10.6 Å². The van der Waals surface area contributed by atoms with Crippen molar-refractivity contribution in [3.05, 3.63) is 0 Å².